The van der Waals surface area contributed by atoms with Crippen molar-refractivity contribution in [2.75, 3.05) is 13.1 Å². The van der Waals surface area contributed by atoms with Crippen LogP contribution in [0.3, 0.4) is 0 Å². The maximum absolute atomic E-state index is 5.49. The van der Waals surface area contributed by atoms with E-state index in [0.717, 1.165) is 25.9 Å². The van der Waals surface area contributed by atoms with Gasteiger partial charge < -0.3 is 10.6 Å². The Balaban J connectivity index is 2.29. The highest BCUT2D eigenvalue weighted by Gasteiger charge is 2.14. The average Bonchev–Trinajstić information content (AvgIpc) is 2.45. The van der Waals surface area contributed by atoms with E-state index >= 15 is 0 Å². The normalized spacial score (nSPS) is 25.0. The van der Waals surface area contributed by atoms with E-state index in [2.05, 4.69) is 23.5 Å². The van der Waals surface area contributed by atoms with E-state index in [1.54, 1.807) is 0 Å². The Labute approximate surface area is 87.8 Å². The van der Waals surface area contributed by atoms with Crippen LogP contribution < -0.4 is 10.6 Å². The molecule has 0 bridgehead atoms. The first-order valence-corrected chi connectivity index (χ1v) is 5.79. The predicted octanol–water partition coefficient (Wildman–Crippen LogP) is 1.52. The van der Waals surface area contributed by atoms with Crippen molar-refractivity contribution in [1.82, 2.24) is 10.6 Å². The van der Waals surface area contributed by atoms with Gasteiger partial charge in [0.25, 0.3) is 0 Å². The number of nitrogens with one attached hydrogen (secondary N) is 2. The summed E-state index contributed by atoms with van der Waals surface area (Å²) in [6, 6.07) is 0.903. The van der Waals surface area contributed by atoms with Crippen LogP contribution in [-0.4, -0.2) is 25.2 Å². The fourth-order valence-electron chi connectivity index (χ4n) is 1.97. The van der Waals surface area contributed by atoms with Gasteiger partial charge in [-0.1, -0.05) is 19.3 Å². The minimum absolute atomic E-state index is 0.281. The molecule has 2 atom stereocenters. The summed E-state index contributed by atoms with van der Waals surface area (Å²) in [5.41, 5.74) is 0. The SMILES string of the molecule is C#CC(CCC)NC1CCCNCC1. The van der Waals surface area contributed by atoms with Gasteiger partial charge in [-0.25, -0.2) is 0 Å². The lowest BCUT2D eigenvalue weighted by Crippen LogP contribution is -2.37. The second-order valence-corrected chi connectivity index (χ2v) is 4.05. The lowest BCUT2D eigenvalue weighted by atomic mass is 10.1. The van der Waals surface area contributed by atoms with Crippen LogP contribution in [0, 0.1) is 12.3 Å². The molecule has 80 valence electrons. The Bertz CT molecular complexity index is 175. The van der Waals surface area contributed by atoms with Crippen LogP contribution in [0.25, 0.3) is 0 Å². The summed E-state index contributed by atoms with van der Waals surface area (Å²) in [4.78, 5) is 0. The van der Waals surface area contributed by atoms with Crippen molar-refractivity contribution >= 4 is 0 Å². The van der Waals surface area contributed by atoms with Crippen LogP contribution in [0.4, 0.5) is 0 Å². The summed E-state index contributed by atoms with van der Waals surface area (Å²) in [7, 11) is 0. The summed E-state index contributed by atoms with van der Waals surface area (Å²) in [6.07, 6.45) is 11.5. The van der Waals surface area contributed by atoms with Crippen molar-refractivity contribution in [1.29, 1.82) is 0 Å². The molecule has 0 aromatic heterocycles. The van der Waals surface area contributed by atoms with E-state index in [1.165, 1.54) is 19.3 Å². The molecule has 0 spiro atoms. The lowest BCUT2D eigenvalue weighted by Gasteiger charge is -2.20. The third kappa shape index (κ3) is 4.13. The lowest BCUT2D eigenvalue weighted by molar-refractivity contribution is 0.426. The first-order valence-electron chi connectivity index (χ1n) is 5.79. The van der Waals surface area contributed by atoms with Gasteiger partial charge in [-0.3, -0.25) is 0 Å². The summed E-state index contributed by atoms with van der Waals surface area (Å²) in [5.74, 6) is 2.84. The molecule has 1 aliphatic rings. The zero-order valence-corrected chi connectivity index (χ0v) is 9.18. The van der Waals surface area contributed by atoms with Crippen LogP contribution in [0.5, 0.6) is 0 Å². The van der Waals surface area contributed by atoms with E-state index in [4.69, 9.17) is 6.42 Å². The Morgan fingerprint density at radius 2 is 2.36 bits per heavy atom. The Morgan fingerprint density at radius 3 is 3.07 bits per heavy atom. The molecule has 0 saturated carbocycles. The number of terminal acetylenes is 1. The standard InChI is InChI=1S/C12H22N2/c1-3-6-11(4-2)14-12-7-5-9-13-10-8-12/h2,11-14H,3,5-10H2,1H3. The highest BCUT2D eigenvalue weighted by atomic mass is 15.0. The van der Waals surface area contributed by atoms with E-state index in [9.17, 15) is 0 Å². The van der Waals surface area contributed by atoms with E-state index in [1.807, 2.05) is 0 Å². The van der Waals surface area contributed by atoms with Gasteiger partial charge in [-0.05, 0) is 38.8 Å². The second kappa shape index (κ2) is 6.86. The quantitative estimate of drug-likeness (QED) is 0.663. The smallest absolute Gasteiger partial charge is 0.0688 e. The maximum Gasteiger partial charge on any atom is 0.0688 e. The topological polar surface area (TPSA) is 24.1 Å². The molecule has 2 unspecified atom stereocenters. The molecule has 0 aliphatic carbocycles. The Kier molecular flexibility index (Phi) is 5.66. The zero-order chi connectivity index (χ0) is 10.2. The first kappa shape index (κ1) is 11.6. The van der Waals surface area contributed by atoms with Gasteiger partial charge in [-0.2, -0.15) is 0 Å². The van der Waals surface area contributed by atoms with Crippen molar-refractivity contribution in [2.24, 2.45) is 0 Å². The van der Waals surface area contributed by atoms with Gasteiger partial charge in [0.15, 0.2) is 0 Å². The summed E-state index contributed by atoms with van der Waals surface area (Å²) in [5, 5.41) is 6.98. The van der Waals surface area contributed by atoms with Crippen LogP contribution in [-0.2, 0) is 0 Å². The zero-order valence-electron chi connectivity index (χ0n) is 9.18. The van der Waals surface area contributed by atoms with Crippen LogP contribution >= 0.6 is 0 Å². The molecule has 14 heavy (non-hydrogen) atoms. The molecule has 1 rings (SSSR count). The molecule has 1 aliphatic heterocycles. The third-order valence-corrected chi connectivity index (χ3v) is 2.79. The molecule has 2 nitrogen and oxygen atoms in total. The van der Waals surface area contributed by atoms with Crippen LogP contribution in [0.15, 0.2) is 0 Å². The second-order valence-electron chi connectivity index (χ2n) is 4.05. The molecule has 0 amide bonds. The van der Waals surface area contributed by atoms with Crippen molar-refractivity contribution in [3.05, 3.63) is 0 Å². The van der Waals surface area contributed by atoms with Gasteiger partial charge in [0.1, 0.15) is 0 Å². The molecule has 0 radical (unpaired) electrons. The molecule has 0 aromatic carbocycles. The van der Waals surface area contributed by atoms with Crippen molar-refractivity contribution in [3.8, 4) is 12.3 Å². The van der Waals surface area contributed by atoms with Gasteiger partial charge in [-0.15, -0.1) is 6.42 Å². The molecular formula is C12H22N2. The summed E-state index contributed by atoms with van der Waals surface area (Å²) in [6.45, 7) is 4.47. The number of rotatable bonds is 4. The van der Waals surface area contributed by atoms with Crippen molar-refractivity contribution < 1.29 is 0 Å². The monoisotopic (exact) mass is 194 g/mol. The van der Waals surface area contributed by atoms with E-state index < -0.39 is 0 Å². The van der Waals surface area contributed by atoms with Gasteiger partial charge in [0, 0.05) is 6.04 Å². The maximum atomic E-state index is 5.49. The molecule has 2 heteroatoms. The van der Waals surface area contributed by atoms with Crippen LogP contribution in [0.1, 0.15) is 39.0 Å². The molecular weight excluding hydrogens is 172 g/mol. The Hall–Kier alpha value is -0.520. The molecule has 1 fully saturated rings. The summed E-state index contributed by atoms with van der Waals surface area (Å²) >= 11 is 0. The highest BCUT2D eigenvalue weighted by Crippen LogP contribution is 2.07. The third-order valence-electron chi connectivity index (χ3n) is 2.79. The van der Waals surface area contributed by atoms with Gasteiger partial charge in [0.05, 0.1) is 6.04 Å². The van der Waals surface area contributed by atoms with E-state index in [0.29, 0.717) is 6.04 Å². The van der Waals surface area contributed by atoms with Gasteiger partial charge in [0.2, 0.25) is 0 Å². The average molecular weight is 194 g/mol. The predicted molar refractivity (Wildman–Crippen MR) is 61.2 cm³/mol. The fraction of sp³-hybridized carbons (Fsp3) is 0.833. The van der Waals surface area contributed by atoms with Crippen molar-refractivity contribution in [3.63, 3.8) is 0 Å². The molecule has 1 heterocycles. The van der Waals surface area contributed by atoms with E-state index in [-0.39, 0.29) is 6.04 Å². The minimum atomic E-state index is 0.281. The molecule has 0 aromatic rings. The van der Waals surface area contributed by atoms with Crippen LogP contribution in [0.2, 0.25) is 0 Å². The minimum Gasteiger partial charge on any atom is -0.317 e. The van der Waals surface area contributed by atoms with Crippen molar-refractivity contribution in [2.45, 2.75) is 51.1 Å². The number of hydrogen-bond donors (Lipinski definition) is 2. The molecule has 1 saturated heterocycles. The highest BCUT2D eigenvalue weighted by molar-refractivity contribution is 4.99. The molecule has 2 N–H and O–H groups in total. The largest absolute Gasteiger partial charge is 0.317 e. The Morgan fingerprint density at radius 1 is 1.50 bits per heavy atom. The fourth-order valence-corrected chi connectivity index (χ4v) is 1.97. The van der Waals surface area contributed by atoms with Gasteiger partial charge >= 0.3 is 0 Å². The summed E-state index contributed by atoms with van der Waals surface area (Å²) < 4.78 is 0. The first-order chi connectivity index (χ1) is 6.86. The number of hydrogen-bond acceptors (Lipinski definition) is 2.